The first kappa shape index (κ1) is 16.2. The van der Waals surface area contributed by atoms with E-state index in [1.165, 1.54) is 32.5 Å². The molecule has 1 saturated heterocycles. The second-order valence-electron chi connectivity index (χ2n) is 5.72. The standard InChI is InChI=1S/C14H30N4O/c1-14(2,19-4)12-17-13(15-3)16-8-7-11-18-9-5-6-10-18/h5-12H2,1-4H3,(H2,15,16,17). The highest BCUT2D eigenvalue weighted by atomic mass is 16.5. The van der Waals surface area contributed by atoms with Crippen molar-refractivity contribution in [1.82, 2.24) is 15.5 Å². The highest BCUT2D eigenvalue weighted by Gasteiger charge is 2.16. The molecule has 1 aliphatic rings. The van der Waals surface area contributed by atoms with Crippen molar-refractivity contribution in [2.75, 3.05) is 46.9 Å². The predicted octanol–water partition coefficient (Wildman–Crippen LogP) is 1.06. The molecule has 0 bridgehead atoms. The molecule has 112 valence electrons. The van der Waals surface area contributed by atoms with Crippen LogP contribution in [0.2, 0.25) is 0 Å². The predicted molar refractivity (Wildman–Crippen MR) is 80.7 cm³/mol. The first-order chi connectivity index (χ1) is 9.07. The van der Waals surface area contributed by atoms with Crippen LogP contribution in [-0.2, 0) is 4.74 Å². The van der Waals surface area contributed by atoms with E-state index < -0.39 is 0 Å². The maximum atomic E-state index is 5.37. The molecule has 5 heteroatoms. The molecule has 0 atom stereocenters. The van der Waals surface area contributed by atoms with Gasteiger partial charge >= 0.3 is 0 Å². The van der Waals surface area contributed by atoms with Crippen molar-refractivity contribution >= 4 is 5.96 Å². The SMILES string of the molecule is CN=C(NCCCN1CCCC1)NCC(C)(C)OC. The number of aliphatic imine (C=N–C) groups is 1. The fourth-order valence-corrected chi connectivity index (χ4v) is 2.11. The third kappa shape index (κ3) is 6.78. The van der Waals surface area contributed by atoms with Crippen LogP contribution in [0, 0.1) is 0 Å². The fraction of sp³-hybridized carbons (Fsp3) is 0.929. The van der Waals surface area contributed by atoms with Crippen molar-refractivity contribution in [1.29, 1.82) is 0 Å². The minimum Gasteiger partial charge on any atom is -0.377 e. The lowest BCUT2D eigenvalue weighted by Gasteiger charge is -2.24. The van der Waals surface area contributed by atoms with Gasteiger partial charge in [-0.05, 0) is 52.7 Å². The summed E-state index contributed by atoms with van der Waals surface area (Å²) in [4.78, 5) is 6.75. The van der Waals surface area contributed by atoms with Crippen LogP contribution in [0.3, 0.4) is 0 Å². The van der Waals surface area contributed by atoms with Crippen LogP contribution in [0.15, 0.2) is 4.99 Å². The molecule has 5 nitrogen and oxygen atoms in total. The normalized spacial score (nSPS) is 17.8. The molecule has 0 amide bonds. The molecule has 0 aromatic heterocycles. The topological polar surface area (TPSA) is 48.9 Å². The summed E-state index contributed by atoms with van der Waals surface area (Å²) in [5.41, 5.74) is -0.173. The van der Waals surface area contributed by atoms with E-state index in [1.807, 2.05) is 0 Å². The summed E-state index contributed by atoms with van der Waals surface area (Å²) in [7, 11) is 3.53. The molecule has 0 spiro atoms. The van der Waals surface area contributed by atoms with Crippen molar-refractivity contribution < 1.29 is 4.74 Å². The zero-order valence-electron chi connectivity index (χ0n) is 13.0. The van der Waals surface area contributed by atoms with Gasteiger partial charge in [0.1, 0.15) is 0 Å². The number of ether oxygens (including phenoxy) is 1. The molecule has 2 N–H and O–H groups in total. The van der Waals surface area contributed by atoms with Gasteiger partial charge in [0, 0.05) is 27.2 Å². The Balaban J connectivity index is 2.11. The molecule has 1 rings (SSSR count). The highest BCUT2D eigenvalue weighted by molar-refractivity contribution is 5.79. The second kappa shape index (κ2) is 8.38. The first-order valence-corrected chi connectivity index (χ1v) is 7.29. The number of nitrogens with one attached hydrogen (secondary N) is 2. The van der Waals surface area contributed by atoms with Gasteiger partial charge in [-0.1, -0.05) is 0 Å². The van der Waals surface area contributed by atoms with Gasteiger partial charge in [-0.3, -0.25) is 4.99 Å². The maximum Gasteiger partial charge on any atom is 0.191 e. The molecule has 1 heterocycles. The minimum atomic E-state index is -0.173. The molecular weight excluding hydrogens is 240 g/mol. The largest absolute Gasteiger partial charge is 0.377 e. The number of rotatable bonds is 7. The number of likely N-dealkylation sites (tertiary alicyclic amines) is 1. The van der Waals surface area contributed by atoms with E-state index in [0.29, 0.717) is 0 Å². The first-order valence-electron chi connectivity index (χ1n) is 7.29. The summed E-state index contributed by atoms with van der Waals surface area (Å²) in [5.74, 6) is 0.853. The van der Waals surface area contributed by atoms with Gasteiger partial charge in [0.15, 0.2) is 5.96 Å². The molecule has 1 aliphatic heterocycles. The Labute approximate surface area is 117 Å². The molecule has 0 aromatic carbocycles. The van der Waals surface area contributed by atoms with Crippen LogP contribution < -0.4 is 10.6 Å². The summed E-state index contributed by atoms with van der Waals surface area (Å²) in [6, 6.07) is 0. The Hall–Kier alpha value is -0.810. The Morgan fingerprint density at radius 3 is 2.53 bits per heavy atom. The van der Waals surface area contributed by atoms with Crippen LogP contribution in [0.5, 0.6) is 0 Å². The average Bonchev–Trinajstić information content (AvgIpc) is 2.91. The lowest BCUT2D eigenvalue weighted by Crippen LogP contribution is -2.45. The van der Waals surface area contributed by atoms with E-state index in [-0.39, 0.29) is 5.60 Å². The Kier molecular flexibility index (Phi) is 7.16. The maximum absolute atomic E-state index is 5.37. The Morgan fingerprint density at radius 1 is 1.26 bits per heavy atom. The van der Waals surface area contributed by atoms with E-state index >= 15 is 0 Å². The summed E-state index contributed by atoms with van der Waals surface area (Å²) >= 11 is 0. The highest BCUT2D eigenvalue weighted by Crippen LogP contribution is 2.07. The van der Waals surface area contributed by atoms with Crippen molar-refractivity contribution in [3.8, 4) is 0 Å². The summed E-state index contributed by atoms with van der Waals surface area (Å²) in [6.07, 6.45) is 3.89. The van der Waals surface area contributed by atoms with Crippen LogP contribution in [-0.4, -0.2) is 63.3 Å². The van der Waals surface area contributed by atoms with Crippen LogP contribution in [0.25, 0.3) is 0 Å². The van der Waals surface area contributed by atoms with Gasteiger partial charge in [-0.25, -0.2) is 0 Å². The Morgan fingerprint density at radius 2 is 1.95 bits per heavy atom. The smallest absolute Gasteiger partial charge is 0.191 e. The molecular formula is C14H30N4O. The van der Waals surface area contributed by atoms with E-state index in [9.17, 15) is 0 Å². The zero-order chi connectivity index (χ0) is 14.1. The van der Waals surface area contributed by atoms with Crippen LogP contribution in [0.1, 0.15) is 33.1 Å². The van der Waals surface area contributed by atoms with E-state index in [2.05, 4.69) is 34.4 Å². The monoisotopic (exact) mass is 270 g/mol. The average molecular weight is 270 g/mol. The number of methoxy groups -OCH3 is 1. The van der Waals surface area contributed by atoms with E-state index in [1.54, 1.807) is 14.2 Å². The molecule has 0 unspecified atom stereocenters. The van der Waals surface area contributed by atoms with E-state index in [4.69, 9.17) is 4.74 Å². The number of nitrogens with zero attached hydrogens (tertiary/aromatic N) is 2. The fourth-order valence-electron chi connectivity index (χ4n) is 2.11. The Bertz CT molecular complexity index is 273. The third-order valence-corrected chi connectivity index (χ3v) is 3.60. The van der Waals surface area contributed by atoms with Crippen molar-refractivity contribution in [3.63, 3.8) is 0 Å². The van der Waals surface area contributed by atoms with Gasteiger partial charge in [-0.2, -0.15) is 0 Å². The van der Waals surface area contributed by atoms with Crippen molar-refractivity contribution in [3.05, 3.63) is 0 Å². The molecule has 1 fully saturated rings. The lowest BCUT2D eigenvalue weighted by molar-refractivity contribution is 0.0268. The van der Waals surface area contributed by atoms with Gasteiger partial charge < -0.3 is 20.3 Å². The van der Waals surface area contributed by atoms with Gasteiger partial charge in [-0.15, -0.1) is 0 Å². The van der Waals surface area contributed by atoms with E-state index in [0.717, 1.165) is 25.5 Å². The summed E-state index contributed by atoms with van der Waals surface area (Å²) in [6.45, 7) is 9.55. The second-order valence-corrected chi connectivity index (χ2v) is 5.72. The minimum absolute atomic E-state index is 0.173. The lowest BCUT2D eigenvalue weighted by atomic mass is 10.1. The molecule has 0 aliphatic carbocycles. The van der Waals surface area contributed by atoms with Crippen LogP contribution >= 0.6 is 0 Å². The number of hydrogen-bond donors (Lipinski definition) is 2. The number of guanidine groups is 1. The number of hydrogen-bond acceptors (Lipinski definition) is 3. The van der Waals surface area contributed by atoms with Crippen molar-refractivity contribution in [2.24, 2.45) is 4.99 Å². The molecule has 0 aromatic rings. The van der Waals surface area contributed by atoms with Crippen molar-refractivity contribution in [2.45, 2.75) is 38.7 Å². The quantitative estimate of drug-likeness (QED) is 0.413. The summed E-state index contributed by atoms with van der Waals surface area (Å²) in [5, 5.41) is 6.64. The van der Waals surface area contributed by atoms with Gasteiger partial charge in [0.2, 0.25) is 0 Å². The zero-order valence-corrected chi connectivity index (χ0v) is 13.0. The van der Waals surface area contributed by atoms with Gasteiger partial charge in [0.25, 0.3) is 0 Å². The molecule has 0 saturated carbocycles. The third-order valence-electron chi connectivity index (χ3n) is 3.60. The molecule has 0 radical (unpaired) electrons. The summed E-state index contributed by atoms with van der Waals surface area (Å²) < 4.78 is 5.37. The van der Waals surface area contributed by atoms with Crippen LogP contribution in [0.4, 0.5) is 0 Å². The molecule has 19 heavy (non-hydrogen) atoms. The van der Waals surface area contributed by atoms with Gasteiger partial charge in [0.05, 0.1) is 5.60 Å².